The minimum atomic E-state index is 0.302. The van der Waals surface area contributed by atoms with Crippen molar-refractivity contribution >= 4 is 0 Å². The summed E-state index contributed by atoms with van der Waals surface area (Å²) in [6, 6.07) is 8.47. The molecule has 90 valence electrons. The average molecular weight is 221 g/mol. The fraction of sp³-hybridized carbons (Fsp3) is 0.571. The lowest BCUT2D eigenvalue weighted by Crippen LogP contribution is -2.32. The van der Waals surface area contributed by atoms with Gasteiger partial charge in [0.25, 0.3) is 0 Å². The number of rotatable bonds is 5. The summed E-state index contributed by atoms with van der Waals surface area (Å²) in [5.41, 5.74) is 1.04. The number of aromatic hydroxyl groups is 1. The maximum absolute atomic E-state index is 9.89. The summed E-state index contributed by atoms with van der Waals surface area (Å²) in [5.74, 6) is 0.407. The van der Waals surface area contributed by atoms with Crippen LogP contribution in [0.15, 0.2) is 24.3 Å². The van der Waals surface area contributed by atoms with E-state index in [-0.39, 0.29) is 0 Å². The molecule has 0 spiro atoms. The number of benzene rings is 1. The van der Waals surface area contributed by atoms with Gasteiger partial charge in [-0.3, -0.25) is 4.90 Å². The Labute approximate surface area is 98.9 Å². The van der Waals surface area contributed by atoms with Gasteiger partial charge >= 0.3 is 0 Å². The predicted octanol–water partition coefficient (Wildman–Crippen LogP) is 3.57. The van der Waals surface area contributed by atoms with Crippen molar-refractivity contribution in [3.8, 4) is 5.75 Å². The first-order chi connectivity index (χ1) is 7.61. The van der Waals surface area contributed by atoms with E-state index < -0.39 is 0 Å². The molecule has 16 heavy (non-hydrogen) atoms. The van der Waals surface area contributed by atoms with E-state index in [1.807, 2.05) is 18.2 Å². The second-order valence-corrected chi connectivity index (χ2v) is 4.41. The van der Waals surface area contributed by atoms with Gasteiger partial charge in [0.2, 0.25) is 0 Å². The zero-order valence-electron chi connectivity index (χ0n) is 10.8. The van der Waals surface area contributed by atoms with Crippen LogP contribution < -0.4 is 0 Å². The fourth-order valence-corrected chi connectivity index (χ4v) is 2.09. The van der Waals surface area contributed by atoms with E-state index in [1.54, 1.807) is 6.07 Å². The Morgan fingerprint density at radius 1 is 1.19 bits per heavy atom. The van der Waals surface area contributed by atoms with Crippen molar-refractivity contribution in [2.45, 2.75) is 45.7 Å². The molecule has 0 saturated heterocycles. The Kier molecular flexibility index (Phi) is 4.81. The average Bonchev–Trinajstić information content (AvgIpc) is 2.31. The summed E-state index contributed by atoms with van der Waals surface area (Å²) in [4.78, 5) is 2.34. The number of hydrogen-bond acceptors (Lipinski definition) is 2. The molecule has 2 nitrogen and oxygen atoms in total. The Balaban J connectivity index is 2.94. The third-order valence-corrected chi connectivity index (χ3v) is 3.46. The smallest absolute Gasteiger partial charge is 0.120 e. The standard InChI is InChI=1S/C14H23NO/c1-5-11(3)15(4)13(6-2)12-9-7-8-10-14(12)16/h7-11,13,16H,5-6H2,1-4H3. The van der Waals surface area contributed by atoms with Crippen molar-refractivity contribution in [3.63, 3.8) is 0 Å². The summed E-state index contributed by atoms with van der Waals surface area (Å²) in [5, 5.41) is 9.89. The molecule has 1 aromatic rings. The molecule has 2 atom stereocenters. The molecule has 0 aromatic heterocycles. The summed E-state index contributed by atoms with van der Waals surface area (Å²) < 4.78 is 0. The molecule has 0 heterocycles. The molecular formula is C14H23NO. The zero-order valence-corrected chi connectivity index (χ0v) is 10.8. The highest BCUT2D eigenvalue weighted by Crippen LogP contribution is 2.31. The van der Waals surface area contributed by atoms with E-state index in [1.165, 1.54) is 0 Å². The minimum Gasteiger partial charge on any atom is -0.508 e. The van der Waals surface area contributed by atoms with Gasteiger partial charge in [0.1, 0.15) is 5.75 Å². The van der Waals surface area contributed by atoms with Crippen LogP contribution in [-0.2, 0) is 0 Å². The second-order valence-electron chi connectivity index (χ2n) is 4.41. The van der Waals surface area contributed by atoms with Crippen molar-refractivity contribution in [2.24, 2.45) is 0 Å². The van der Waals surface area contributed by atoms with Crippen LogP contribution in [0.1, 0.15) is 45.2 Å². The topological polar surface area (TPSA) is 23.5 Å². The van der Waals surface area contributed by atoms with Crippen LogP contribution in [0, 0.1) is 0 Å². The van der Waals surface area contributed by atoms with Gasteiger partial charge in [0.15, 0.2) is 0 Å². The van der Waals surface area contributed by atoms with E-state index >= 15 is 0 Å². The predicted molar refractivity (Wildman–Crippen MR) is 68.7 cm³/mol. The molecule has 0 aliphatic carbocycles. The van der Waals surface area contributed by atoms with E-state index in [2.05, 4.69) is 32.7 Å². The van der Waals surface area contributed by atoms with Gasteiger partial charge in [-0.15, -0.1) is 0 Å². The highest BCUT2D eigenvalue weighted by Gasteiger charge is 2.20. The SMILES string of the molecule is CCC(C)N(C)C(CC)c1ccccc1O. The molecule has 1 N–H and O–H groups in total. The molecule has 0 amide bonds. The molecule has 0 aliphatic heterocycles. The molecule has 0 bridgehead atoms. The molecule has 2 unspecified atom stereocenters. The van der Waals surface area contributed by atoms with Gasteiger partial charge in [-0.1, -0.05) is 32.0 Å². The van der Waals surface area contributed by atoms with Crippen LogP contribution in [0.4, 0.5) is 0 Å². The highest BCUT2D eigenvalue weighted by molar-refractivity contribution is 5.34. The van der Waals surface area contributed by atoms with Crippen molar-refractivity contribution in [1.29, 1.82) is 0 Å². The monoisotopic (exact) mass is 221 g/mol. The Hall–Kier alpha value is -1.02. The van der Waals surface area contributed by atoms with Crippen molar-refractivity contribution in [3.05, 3.63) is 29.8 Å². The highest BCUT2D eigenvalue weighted by atomic mass is 16.3. The number of hydrogen-bond donors (Lipinski definition) is 1. The minimum absolute atomic E-state index is 0.302. The molecule has 0 aliphatic rings. The summed E-state index contributed by atoms with van der Waals surface area (Å²) in [6.07, 6.45) is 2.14. The third kappa shape index (κ3) is 2.76. The number of phenolic OH excluding ortho intramolecular Hbond substituents is 1. The van der Waals surface area contributed by atoms with Crippen LogP contribution >= 0.6 is 0 Å². The van der Waals surface area contributed by atoms with Crippen LogP contribution in [0.25, 0.3) is 0 Å². The first-order valence-corrected chi connectivity index (χ1v) is 6.11. The van der Waals surface area contributed by atoms with Gasteiger partial charge in [-0.25, -0.2) is 0 Å². The van der Waals surface area contributed by atoms with Crippen LogP contribution in [0.2, 0.25) is 0 Å². The van der Waals surface area contributed by atoms with Gasteiger partial charge in [0, 0.05) is 17.6 Å². The Morgan fingerprint density at radius 3 is 2.31 bits per heavy atom. The lowest BCUT2D eigenvalue weighted by atomic mass is 10.00. The van der Waals surface area contributed by atoms with E-state index in [0.29, 0.717) is 17.8 Å². The van der Waals surface area contributed by atoms with Gasteiger partial charge in [-0.05, 0) is 32.9 Å². The summed E-state index contributed by atoms with van der Waals surface area (Å²) in [7, 11) is 2.13. The molecule has 1 rings (SSSR count). The largest absolute Gasteiger partial charge is 0.508 e. The maximum atomic E-state index is 9.89. The first-order valence-electron chi connectivity index (χ1n) is 6.11. The van der Waals surface area contributed by atoms with Gasteiger partial charge in [0.05, 0.1) is 0 Å². The van der Waals surface area contributed by atoms with Gasteiger partial charge in [-0.2, -0.15) is 0 Å². The lowest BCUT2D eigenvalue weighted by molar-refractivity contribution is 0.173. The number of phenols is 1. The van der Waals surface area contributed by atoms with E-state index in [4.69, 9.17) is 0 Å². The maximum Gasteiger partial charge on any atom is 0.120 e. The third-order valence-electron chi connectivity index (χ3n) is 3.46. The van der Waals surface area contributed by atoms with Crippen molar-refractivity contribution < 1.29 is 5.11 Å². The summed E-state index contributed by atoms with van der Waals surface area (Å²) in [6.45, 7) is 6.58. The zero-order chi connectivity index (χ0) is 12.1. The van der Waals surface area contributed by atoms with Crippen molar-refractivity contribution in [1.82, 2.24) is 4.90 Å². The lowest BCUT2D eigenvalue weighted by Gasteiger charge is -2.32. The number of nitrogens with zero attached hydrogens (tertiary/aromatic N) is 1. The Morgan fingerprint density at radius 2 is 1.81 bits per heavy atom. The quantitative estimate of drug-likeness (QED) is 0.821. The molecule has 0 fully saturated rings. The molecule has 2 heteroatoms. The number of para-hydroxylation sites is 1. The fourth-order valence-electron chi connectivity index (χ4n) is 2.09. The molecule has 1 aromatic carbocycles. The van der Waals surface area contributed by atoms with Crippen molar-refractivity contribution in [2.75, 3.05) is 7.05 Å². The molecule has 0 saturated carbocycles. The molecule has 0 radical (unpaired) electrons. The first kappa shape index (κ1) is 13.0. The van der Waals surface area contributed by atoms with Crippen LogP contribution in [0.5, 0.6) is 5.75 Å². The van der Waals surface area contributed by atoms with Gasteiger partial charge < -0.3 is 5.11 Å². The Bertz CT molecular complexity index is 324. The summed E-state index contributed by atoms with van der Waals surface area (Å²) >= 11 is 0. The van der Waals surface area contributed by atoms with E-state index in [0.717, 1.165) is 18.4 Å². The molecular weight excluding hydrogens is 198 g/mol. The van der Waals surface area contributed by atoms with Crippen LogP contribution in [-0.4, -0.2) is 23.1 Å². The van der Waals surface area contributed by atoms with E-state index in [9.17, 15) is 5.11 Å². The second kappa shape index (κ2) is 5.90. The van der Waals surface area contributed by atoms with Crippen LogP contribution in [0.3, 0.4) is 0 Å². The normalized spacial score (nSPS) is 15.1.